The Kier molecular flexibility index (Phi) is 25.2. The van der Waals surface area contributed by atoms with Gasteiger partial charge in [-0.15, -0.1) is 0 Å². The maximum Gasteiger partial charge on any atom is 0.306 e. The maximum absolute atomic E-state index is 11.9. The molecule has 1 unspecified atom stereocenters. The van der Waals surface area contributed by atoms with Crippen LogP contribution < -0.4 is 0 Å². The molecule has 5 nitrogen and oxygen atoms in total. The normalized spacial score (nSPS) is 12.2. The number of hydrogen-bond donors (Lipinski definition) is 1. The molecule has 0 aromatic heterocycles. The van der Waals surface area contributed by atoms with E-state index in [4.69, 9.17) is 9.47 Å². The van der Waals surface area contributed by atoms with Crippen molar-refractivity contribution in [2.24, 2.45) is 0 Å². The van der Waals surface area contributed by atoms with Crippen LogP contribution in [0.3, 0.4) is 0 Å². The number of carbonyl (C=O) groups excluding carboxylic acids is 2. The summed E-state index contributed by atoms with van der Waals surface area (Å²) in [5.41, 5.74) is 0. The van der Waals surface area contributed by atoms with Crippen molar-refractivity contribution in [3.63, 3.8) is 0 Å². The number of unbranched alkanes of at least 4 members (excludes halogenated alkanes) is 15. The molecule has 34 heavy (non-hydrogen) atoms. The molecule has 0 radical (unpaired) electrons. The second-order valence-electron chi connectivity index (χ2n) is 9.48. The van der Waals surface area contributed by atoms with E-state index >= 15 is 0 Å². The molecule has 0 aliphatic rings. The molecule has 0 fully saturated rings. The number of ether oxygens (including phenoxy) is 2. The van der Waals surface area contributed by atoms with Crippen molar-refractivity contribution in [1.82, 2.24) is 0 Å². The Hall–Kier alpha value is -1.36. The lowest BCUT2D eigenvalue weighted by Crippen LogP contribution is -2.28. The maximum atomic E-state index is 11.9. The molecule has 0 heterocycles. The highest BCUT2D eigenvalue weighted by molar-refractivity contribution is 5.70. The lowest BCUT2D eigenvalue weighted by Gasteiger charge is -2.15. The first-order valence-electron chi connectivity index (χ1n) is 14.2. The predicted octanol–water partition coefficient (Wildman–Crippen LogP) is 7.83. The van der Waals surface area contributed by atoms with E-state index in [1.165, 1.54) is 89.9 Å². The van der Waals surface area contributed by atoms with Crippen LogP contribution in [0.5, 0.6) is 0 Å². The van der Waals surface area contributed by atoms with Crippen molar-refractivity contribution in [2.45, 2.75) is 148 Å². The van der Waals surface area contributed by atoms with Crippen LogP contribution in [0.25, 0.3) is 0 Å². The van der Waals surface area contributed by atoms with Crippen LogP contribution in [0.1, 0.15) is 142 Å². The fraction of sp³-hybridized carbons (Fsp3) is 0.862. The first-order valence-corrected chi connectivity index (χ1v) is 14.2. The Labute approximate surface area is 210 Å². The molecule has 0 bridgehead atoms. The van der Waals surface area contributed by atoms with Gasteiger partial charge in [0, 0.05) is 12.8 Å². The van der Waals surface area contributed by atoms with E-state index in [1.807, 2.05) is 6.92 Å². The van der Waals surface area contributed by atoms with Crippen LogP contribution >= 0.6 is 0 Å². The Morgan fingerprint density at radius 2 is 1.15 bits per heavy atom. The molecule has 0 saturated carbocycles. The standard InChI is InChI=1S/C29H54O5/c1-3-5-6-7-8-9-10-11-12-13-14-15-16-17-18-19-20-21-22-24-29(32)34-27(25-30)26-33-28(31)23-4-2/h11-12,27,30H,3-10,13-26H2,1-2H3/b12-11-. The Bertz CT molecular complexity index is 489. The van der Waals surface area contributed by atoms with Crippen molar-refractivity contribution in [3.8, 4) is 0 Å². The molecule has 0 saturated heterocycles. The van der Waals surface area contributed by atoms with Crippen LogP contribution in [-0.2, 0) is 19.1 Å². The van der Waals surface area contributed by atoms with Crippen molar-refractivity contribution in [2.75, 3.05) is 13.2 Å². The van der Waals surface area contributed by atoms with E-state index in [0.717, 1.165) is 19.3 Å². The molecule has 200 valence electrons. The second-order valence-corrected chi connectivity index (χ2v) is 9.48. The van der Waals surface area contributed by atoms with E-state index in [0.29, 0.717) is 19.3 Å². The SMILES string of the molecule is CCCCCCCC/C=C\CCCCCCCCCCCC(=O)OC(CO)COC(=O)CCC. The third-order valence-corrected chi connectivity index (χ3v) is 6.03. The molecule has 0 rings (SSSR count). The van der Waals surface area contributed by atoms with Gasteiger partial charge in [0.2, 0.25) is 0 Å². The van der Waals surface area contributed by atoms with Gasteiger partial charge >= 0.3 is 11.9 Å². The number of hydrogen-bond acceptors (Lipinski definition) is 5. The summed E-state index contributed by atoms with van der Waals surface area (Å²) in [7, 11) is 0. The minimum absolute atomic E-state index is 0.0729. The zero-order valence-electron chi connectivity index (χ0n) is 22.4. The predicted molar refractivity (Wildman–Crippen MR) is 141 cm³/mol. The van der Waals surface area contributed by atoms with Crippen LogP contribution in [0, 0.1) is 0 Å². The monoisotopic (exact) mass is 482 g/mol. The molecule has 5 heteroatoms. The minimum Gasteiger partial charge on any atom is -0.462 e. The van der Waals surface area contributed by atoms with Gasteiger partial charge < -0.3 is 14.6 Å². The average Bonchev–Trinajstić information content (AvgIpc) is 2.83. The van der Waals surface area contributed by atoms with Gasteiger partial charge in [0.05, 0.1) is 6.61 Å². The van der Waals surface area contributed by atoms with E-state index in [-0.39, 0.29) is 25.2 Å². The molecule has 0 spiro atoms. The summed E-state index contributed by atoms with van der Waals surface area (Å²) in [6, 6.07) is 0. The highest BCUT2D eigenvalue weighted by Gasteiger charge is 2.15. The number of allylic oxidation sites excluding steroid dienone is 2. The molecule has 0 aliphatic carbocycles. The average molecular weight is 483 g/mol. The number of aliphatic hydroxyl groups is 1. The number of carbonyl (C=O) groups is 2. The number of aliphatic hydroxyl groups excluding tert-OH is 1. The minimum atomic E-state index is -0.760. The largest absolute Gasteiger partial charge is 0.462 e. The van der Waals surface area contributed by atoms with Crippen LogP contribution in [-0.4, -0.2) is 36.4 Å². The Morgan fingerprint density at radius 1 is 0.647 bits per heavy atom. The zero-order valence-corrected chi connectivity index (χ0v) is 22.4. The summed E-state index contributed by atoms with van der Waals surface area (Å²) in [6.45, 7) is 3.75. The van der Waals surface area contributed by atoms with Crippen LogP contribution in [0.15, 0.2) is 12.2 Å². The highest BCUT2D eigenvalue weighted by Crippen LogP contribution is 2.13. The van der Waals surface area contributed by atoms with Gasteiger partial charge in [-0.25, -0.2) is 0 Å². The first-order chi connectivity index (χ1) is 16.6. The molecule has 1 N–H and O–H groups in total. The highest BCUT2D eigenvalue weighted by atomic mass is 16.6. The lowest BCUT2D eigenvalue weighted by molar-refractivity contribution is -0.161. The first kappa shape index (κ1) is 32.6. The third-order valence-electron chi connectivity index (χ3n) is 6.03. The summed E-state index contributed by atoms with van der Waals surface area (Å²) < 4.78 is 10.2. The van der Waals surface area contributed by atoms with Gasteiger partial charge in [0.1, 0.15) is 6.61 Å². The van der Waals surface area contributed by atoms with Crippen LogP contribution in [0.2, 0.25) is 0 Å². The van der Waals surface area contributed by atoms with Gasteiger partial charge in [-0.2, -0.15) is 0 Å². The molecule has 0 aliphatic heterocycles. The van der Waals surface area contributed by atoms with E-state index in [9.17, 15) is 14.7 Å². The lowest BCUT2D eigenvalue weighted by atomic mass is 10.1. The van der Waals surface area contributed by atoms with Gasteiger partial charge in [-0.1, -0.05) is 103 Å². The summed E-state index contributed by atoms with van der Waals surface area (Å²) in [5.74, 6) is -0.653. The molecular weight excluding hydrogens is 428 g/mol. The quantitative estimate of drug-likeness (QED) is 0.0815. The fourth-order valence-electron chi connectivity index (χ4n) is 3.88. The Balaban J connectivity index is 3.41. The topological polar surface area (TPSA) is 72.8 Å². The summed E-state index contributed by atoms with van der Waals surface area (Å²) in [6.07, 6.45) is 26.8. The van der Waals surface area contributed by atoms with Crippen LogP contribution in [0.4, 0.5) is 0 Å². The van der Waals surface area contributed by atoms with E-state index < -0.39 is 6.10 Å². The molecule has 0 aromatic carbocycles. The molecule has 1 atom stereocenters. The fourth-order valence-corrected chi connectivity index (χ4v) is 3.88. The zero-order chi connectivity index (χ0) is 25.1. The van der Waals surface area contributed by atoms with Gasteiger partial charge in [-0.3, -0.25) is 9.59 Å². The van der Waals surface area contributed by atoms with Gasteiger partial charge in [0.15, 0.2) is 6.10 Å². The number of esters is 2. The summed E-state index contributed by atoms with van der Waals surface area (Å²) in [4.78, 5) is 23.2. The second kappa shape index (κ2) is 26.2. The summed E-state index contributed by atoms with van der Waals surface area (Å²) in [5, 5.41) is 9.28. The molecule has 0 aromatic rings. The molecule has 0 amide bonds. The third kappa shape index (κ3) is 23.8. The van der Waals surface area contributed by atoms with E-state index in [2.05, 4.69) is 19.1 Å². The molecular formula is C29H54O5. The van der Waals surface area contributed by atoms with Gasteiger partial charge in [0.25, 0.3) is 0 Å². The van der Waals surface area contributed by atoms with Crippen molar-refractivity contribution < 1.29 is 24.2 Å². The smallest absolute Gasteiger partial charge is 0.306 e. The van der Waals surface area contributed by atoms with Gasteiger partial charge in [-0.05, 0) is 38.5 Å². The van der Waals surface area contributed by atoms with Crippen molar-refractivity contribution in [3.05, 3.63) is 12.2 Å². The van der Waals surface area contributed by atoms with Crippen molar-refractivity contribution in [1.29, 1.82) is 0 Å². The summed E-state index contributed by atoms with van der Waals surface area (Å²) >= 11 is 0. The van der Waals surface area contributed by atoms with Crippen molar-refractivity contribution >= 4 is 11.9 Å². The Morgan fingerprint density at radius 3 is 1.65 bits per heavy atom. The van der Waals surface area contributed by atoms with E-state index in [1.54, 1.807) is 0 Å². The number of rotatable bonds is 25.